The predicted octanol–water partition coefficient (Wildman–Crippen LogP) is 4.92. The van der Waals surface area contributed by atoms with Crippen LogP contribution in [0.2, 0.25) is 0 Å². The average Bonchev–Trinajstić information content (AvgIpc) is 2.91. The Kier molecular flexibility index (Phi) is 11.4. The molecule has 0 aliphatic heterocycles. The molecule has 1 rings (SSSR count). The lowest BCUT2D eigenvalue weighted by atomic mass is 10.00. The van der Waals surface area contributed by atoms with Gasteiger partial charge in [0.05, 0.1) is 0 Å². The van der Waals surface area contributed by atoms with Gasteiger partial charge in [-0.1, -0.05) is 52.4 Å². The highest BCUT2D eigenvalue weighted by atomic mass is 16.5. The van der Waals surface area contributed by atoms with E-state index in [1.165, 1.54) is 77.2 Å². The SMILES string of the molecule is CCCCCCCCOCCC1CCCC1NCCC. The maximum atomic E-state index is 5.83. The molecule has 1 aliphatic rings. The standard InChI is InChI=1S/C18H37NO/c1-3-5-6-7-8-9-15-20-16-13-17-11-10-12-18(17)19-14-4-2/h17-19H,3-16H2,1-2H3. The van der Waals surface area contributed by atoms with E-state index in [0.29, 0.717) is 0 Å². The fourth-order valence-electron chi connectivity index (χ4n) is 3.30. The predicted molar refractivity (Wildman–Crippen MR) is 88.2 cm³/mol. The molecule has 1 aliphatic carbocycles. The van der Waals surface area contributed by atoms with Crippen LogP contribution in [0.4, 0.5) is 0 Å². The van der Waals surface area contributed by atoms with Crippen molar-refractivity contribution in [2.45, 2.75) is 90.5 Å². The van der Waals surface area contributed by atoms with Crippen molar-refractivity contribution in [3.63, 3.8) is 0 Å². The largest absolute Gasteiger partial charge is 0.381 e. The Morgan fingerprint density at radius 3 is 2.50 bits per heavy atom. The molecule has 1 N–H and O–H groups in total. The van der Waals surface area contributed by atoms with Gasteiger partial charge in [-0.2, -0.15) is 0 Å². The minimum absolute atomic E-state index is 0.771. The third-order valence-electron chi connectivity index (χ3n) is 4.59. The summed E-state index contributed by atoms with van der Waals surface area (Å²) in [5.41, 5.74) is 0. The van der Waals surface area contributed by atoms with E-state index in [9.17, 15) is 0 Å². The van der Waals surface area contributed by atoms with Gasteiger partial charge in [-0.15, -0.1) is 0 Å². The van der Waals surface area contributed by atoms with Gasteiger partial charge in [0.2, 0.25) is 0 Å². The van der Waals surface area contributed by atoms with Crippen molar-refractivity contribution in [1.82, 2.24) is 5.32 Å². The Morgan fingerprint density at radius 1 is 0.900 bits per heavy atom. The van der Waals surface area contributed by atoms with Crippen LogP contribution >= 0.6 is 0 Å². The second-order valence-corrected chi connectivity index (χ2v) is 6.42. The fourth-order valence-corrected chi connectivity index (χ4v) is 3.30. The minimum atomic E-state index is 0.771. The van der Waals surface area contributed by atoms with Crippen molar-refractivity contribution in [2.24, 2.45) is 5.92 Å². The lowest BCUT2D eigenvalue weighted by molar-refractivity contribution is 0.113. The summed E-state index contributed by atoms with van der Waals surface area (Å²) in [6, 6.07) is 0.771. The molecule has 120 valence electrons. The normalized spacial score (nSPS) is 22.5. The van der Waals surface area contributed by atoms with Gasteiger partial charge in [-0.3, -0.25) is 0 Å². The molecular formula is C18H37NO. The van der Waals surface area contributed by atoms with E-state index in [2.05, 4.69) is 19.2 Å². The van der Waals surface area contributed by atoms with Crippen LogP contribution in [0.1, 0.15) is 84.5 Å². The first-order valence-electron chi connectivity index (χ1n) is 9.19. The van der Waals surface area contributed by atoms with Gasteiger partial charge in [0.1, 0.15) is 0 Å². The van der Waals surface area contributed by atoms with E-state index >= 15 is 0 Å². The van der Waals surface area contributed by atoms with Crippen LogP contribution in [0, 0.1) is 5.92 Å². The Balaban J connectivity index is 1.90. The molecule has 1 fully saturated rings. The highest BCUT2D eigenvalue weighted by molar-refractivity contribution is 4.82. The second kappa shape index (κ2) is 12.6. The van der Waals surface area contributed by atoms with Crippen LogP contribution in [-0.2, 0) is 4.74 Å². The lowest BCUT2D eigenvalue weighted by Crippen LogP contribution is -2.33. The molecular weight excluding hydrogens is 246 g/mol. The number of rotatable bonds is 13. The van der Waals surface area contributed by atoms with E-state index < -0.39 is 0 Å². The third kappa shape index (κ3) is 8.26. The third-order valence-corrected chi connectivity index (χ3v) is 4.59. The van der Waals surface area contributed by atoms with Crippen molar-refractivity contribution in [3.05, 3.63) is 0 Å². The molecule has 0 heterocycles. The van der Waals surface area contributed by atoms with Crippen LogP contribution < -0.4 is 5.32 Å². The van der Waals surface area contributed by atoms with Crippen LogP contribution in [0.25, 0.3) is 0 Å². The molecule has 0 amide bonds. The van der Waals surface area contributed by atoms with Crippen LogP contribution in [-0.4, -0.2) is 25.8 Å². The zero-order valence-electron chi connectivity index (χ0n) is 14.0. The molecule has 2 nitrogen and oxygen atoms in total. The first-order chi connectivity index (χ1) is 9.88. The number of nitrogens with one attached hydrogen (secondary N) is 1. The summed E-state index contributed by atoms with van der Waals surface area (Å²) >= 11 is 0. The van der Waals surface area contributed by atoms with Crippen LogP contribution in [0.3, 0.4) is 0 Å². The lowest BCUT2D eigenvalue weighted by Gasteiger charge is -2.20. The quantitative estimate of drug-likeness (QED) is 0.484. The smallest absolute Gasteiger partial charge is 0.0469 e. The van der Waals surface area contributed by atoms with Gasteiger partial charge < -0.3 is 10.1 Å². The van der Waals surface area contributed by atoms with E-state index in [0.717, 1.165) is 25.2 Å². The summed E-state index contributed by atoms with van der Waals surface area (Å²) in [6.07, 6.45) is 14.8. The summed E-state index contributed by atoms with van der Waals surface area (Å²) in [5.74, 6) is 0.867. The molecule has 0 spiro atoms. The van der Waals surface area contributed by atoms with E-state index in [1.54, 1.807) is 0 Å². The molecule has 1 saturated carbocycles. The number of hydrogen-bond acceptors (Lipinski definition) is 2. The van der Waals surface area contributed by atoms with Gasteiger partial charge in [-0.25, -0.2) is 0 Å². The monoisotopic (exact) mass is 283 g/mol. The highest BCUT2D eigenvalue weighted by Crippen LogP contribution is 2.28. The maximum absolute atomic E-state index is 5.83. The summed E-state index contributed by atoms with van der Waals surface area (Å²) in [4.78, 5) is 0. The van der Waals surface area contributed by atoms with E-state index in [-0.39, 0.29) is 0 Å². The zero-order chi connectivity index (χ0) is 14.5. The van der Waals surface area contributed by atoms with Gasteiger partial charge in [0.15, 0.2) is 0 Å². The first-order valence-corrected chi connectivity index (χ1v) is 9.19. The zero-order valence-corrected chi connectivity index (χ0v) is 14.0. The van der Waals surface area contributed by atoms with Crippen LogP contribution in [0.5, 0.6) is 0 Å². The van der Waals surface area contributed by atoms with Crippen molar-refractivity contribution in [2.75, 3.05) is 19.8 Å². The summed E-state index contributed by atoms with van der Waals surface area (Å²) < 4.78 is 5.83. The maximum Gasteiger partial charge on any atom is 0.0469 e. The molecule has 0 saturated heterocycles. The summed E-state index contributed by atoms with van der Waals surface area (Å²) in [5, 5.41) is 3.71. The second-order valence-electron chi connectivity index (χ2n) is 6.42. The number of ether oxygens (including phenoxy) is 1. The van der Waals surface area contributed by atoms with Gasteiger partial charge in [0.25, 0.3) is 0 Å². The van der Waals surface area contributed by atoms with Crippen LogP contribution in [0.15, 0.2) is 0 Å². The average molecular weight is 284 g/mol. The van der Waals surface area contributed by atoms with Gasteiger partial charge in [-0.05, 0) is 44.6 Å². The molecule has 0 bridgehead atoms. The van der Waals surface area contributed by atoms with Crippen molar-refractivity contribution >= 4 is 0 Å². The van der Waals surface area contributed by atoms with E-state index in [1.807, 2.05) is 0 Å². The molecule has 0 aromatic carbocycles. The van der Waals surface area contributed by atoms with Gasteiger partial charge >= 0.3 is 0 Å². The summed E-state index contributed by atoms with van der Waals surface area (Å²) in [7, 11) is 0. The highest BCUT2D eigenvalue weighted by Gasteiger charge is 2.25. The number of unbranched alkanes of at least 4 members (excludes halogenated alkanes) is 5. The van der Waals surface area contributed by atoms with Gasteiger partial charge in [0, 0.05) is 19.3 Å². The Hall–Kier alpha value is -0.0800. The van der Waals surface area contributed by atoms with E-state index in [4.69, 9.17) is 4.74 Å². The topological polar surface area (TPSA) is 21.3 Å². The Morgan fingerprint density at radius 2 is 1.70 bits per heavy atom. The first kappa shape index (κ1) is 18.0. The molecule has 2 atom stereocenters. The Bertz CT molecular complexity index is 208. The fraction of sp³-hybridized carbons (Fsp3) is 1.00. The number of hydrogen-bond donors (Lipinski definition) is 1. The molecule has 0 aromatic rings. The molecule has 2 unspecified atom stereocenters. The molecule has 0 radical (unpaired) electrons. The van der Waals surface area contributed by atoms with Crippen molar-refractivity contribution < 1.29 is 4.74 Å². The van der Waals surface area contributed by atoms with Crippen molar-refractivity contribution in [3.8, 4) is 0 Å². The molecule has 20 heavy (non-hydrogen) atoms. The molecule has 2 heteroatoms. The minimum Gasteiger partial charge on any atom is -0.381 e. The van der Waals surface area contributed by atoms with Crippen molar-refractivity contribution in [1.29, 1.82) is 0 Å². The Labute approximate surface area is 127 Å². The summed E-state index contributed by atoms with van der Waals surface area (Å²) in [6.45, 7) is 7.66. The molecule has 0 aromatic heterocycles.